The van der Waals surface area contributed by atoms with E-state index in [9.17, 15) is 14.0 Å². The van der Waals surface area contributed by atoms with Crippen molar-refractivity contribution in [3.63, 3.8) is 0 Å². The van der Waals surface area contributed by atoms with Gasteiger partial charge in [0.05, 0.1) is 15.9 Å². The molecule has 2 N–H and O–H groups in total. The second-order valence-electron chi connectivity index (χ2n) is 10.1. The number of nitrogens with zero attached hydrogens (tertiary/aromatic N) is 3. The van der Waals surface area contributed by atoms with Crippen LogP contribution in [0.1, 0.15) is 27.7 Å². The Bertz CT molecular complexity index is 1320. The van der Waals surface area contributed by atoms with Gasteiger partial charge < -0.3 is 15.5 Å². The quantitative estimate of drug-likeness (QED) is 0.558. The number of aromatic nitrogens is 2. The van der Waals surface area contributed by atoms with Crippen molar-refractivity contribution in [2.45, 2.75) is 40.3 Å². The monoisotopic (exact) mass is 499 g/mol. The maximum absolute atomic E-state index is 13.8. The fourth-order valence-corrected chi connectivity index (χ4v) is 4.61. The Morgan fingerprint density at radius 1 is 1.26 bits per heavy atom. The molecule has 2 heterocycles. The zero-order chi connectivity index (χ0) is 25.3. The fraction of sp³-hybridized carbons (Fsp3) is 0.423. The smallest absolute Gasteiger partial charge is 0.262 e. The van der Waals surface area contributed by atoms with Crippen LogP contribution in [-0.2, 0) is 11.3 Å². The normalized spacial score (nSPS) is 15.9. The Hall–Kier alpha value is -2.97. The van der Waals surface area contributed by atoms with Crippen molar-refractivity contribution < 1.29 is 9.18 Å². The Kier molecular flexibility index (Phi) is 7.15. The van der Waals surface area contributed by atoms with Crippen LogP contribution in [-0.4, -0.2) is 47.7 Å². The van der Waals surface area contributed by atoms with E-state index < -0.39 is 5.82 Å². The molecule has 9 heteroatoms. The second-order valence-corrected chi connectivity index (χ2v) is 10.5. The van der Waals surface area contributed by atoms with Crippen LogP contribution in [0.5, 0.6) is 0 Å². The summed E-state index contributed by atoms with van der Waals surface area (Å²) in [5, 5.41) is 6.62. The fourth-order valence-electron chi connectivity index (χ4n) is 4.43. The molecule has 1 amide bonds. The van der Waals surface area contributed by atoms with Crippen molar-refractivity contribution in [3.8, 4) is 11.4 Å². The SMILES string of the molecule is CC(C)NC(=O)Cn1c(-c2ccc(F)c(Cl)c2)nc2ccc(N3CCNCC(C)(C)C3)cc2c1=O. The highest BCUT2D eigenvalue weighted by atomic mass is 35.5. The Balaban J connectivity index is 1.85. The summed E-state index contributed by atoms with van der Waals surface area (Å²) in [4.78, 5) is 33.4. The number of halogens is 2. The lowest BCUT2D eigenvalue weighted by Gasteiger charge is -2.30. The molecule has 0 radical (unpaired) electrons. The van der Waals surface area contributed by atoms with E-state index >= 15 is 0 Å². The predicted molar refractivity (Wildman–Crippen MR) is 139 cm³/mol. The van der Waals surface area contributed by atoms with Crippen LogP contribution in [0.4, 0.5) is 10.1 Å². The first kappa shape index (κ1) is 25.1. The highest BCUT2D eigenvalue weighted by Gasteiger charge is 2.25. The number of carbonyl (C=O) groups excluding carboxylic acids is 1. The minimum atomic E-state index is -0.567. The first-order valence-corrected chi connectivity index (χ1v) is 12.2. The van der Waals surface area contributed by atoms with Gasteiger partial charge in [0.25, 0.3) is 5.56 Å². The van der Waals surface area contributed by atoms with Gasteiger partial charge in [-0.3, -0.25) is 14.2 Å². The molecule has 0 atom stereocenters. The minimum absolute atomic E-state index is 0.0740. The van der Waals surface area contributed by atoms with E-state index in [1.54, 1.807) is 0 Å². The number of rotatable bonds is 5. The third-order valence-corrected chi connectivity index (χ3v) is 6.30. The number of carbonyl (C=O) groups is 1. The maximum atomic E-state index is 13.8. The van der Waals surface area contributed by atoms with Crippen molar-refractivity contribution in [3.05, 3.63) is 57.6 Å². The van der Waals surface area contributed by atoms with Crippen LogP contribution in [0, 0.1) is 11.2 Å². The molecule has 7 nitrogen and oxygen atoms in total. The molecule has 0 aliphatic carbocycles. The highest BCUT2D eigenvalue weighted by molar-refractivity contribution is 6.31. The molecular formula is C26H31ClFN5O2. The molecule has 0 saturated carbocycles. The molecule has 3 aromatic rings. The van der Waals surface area contributed by atoms with Crippen LogP contribution in [0.15, 0.2) is 41.2 Å². The van der Waals surface area contributed by atoms with Gasteiger partial charge in [-0.25, -0.2) is 9.37 Å². The summed E-state index contributed by atoms with van der Waals surface area (Å²) in [5.74, 6) is -0.618. The van der Waals surface area contributed by atoms with Crippen LogP contribution < -0.4 is 21.1 Å². The Morgan fingerprint density at radius 3 is 2.74 bits per heavy atom. The van der Waals surface area contributed by atoms with E-state index in [0.717, 1.165) is 31.9 Å². The molecule has 0 bridgehead atoms. The number of hydrogen-bond acceptors (Lipinski definition) is 5. The van der Waals surface area contributed by atoms with Crippen molar-refractivity contribution in [2.75, 3.05) is 31.1 Å². The van der Waals surface area contributed by atoms with Gasteiger partial charge in [0.2, 0.25) is 5.91 Å². The molecule has 1 aliphatic rings. The van der Waals surface area contributed by atoms with Gasteiger partial charge in [0, 0.05) is 43.5 Å². The number of benzene rings is 2. The first-order valence-electron chi connectivity index (χ1n) is 11.8. The average Bonchev–Trinajstić information content (AvgIpc) is 2.97. The van der Waals surface area contributed by atoms with E-state index in [1.165, 1.54) is 22.8 Å². The van der Waals surface area contributed by atoms with E-state index in [1.807, 2.05) is 32.0 Å². The molecule has 35 heavy (non-hydrogen) atoms. The molecule has 0 unspecified atom stereocenters. The number of fused-ring (bicyclic) bond motifs is 1. The molecule has 1 saturated heterocycles. The number of nitrogens with one attached hydrogen (secondary N) is 2. The lowest BCUT2D eigenvalue weighted by molar-refractivity contribution is -0.122. The molecule has 2 aromatic carbocycles. The van der Waals surface area contributed by atoms with E-state index in [-0.39, 0.29) is 40.3 Å². The summed E-state index contributed by atoms with van der Waals surface area (Å²) in [6.07, 6.45) is 0. The molecule has 0 spiro atoms. The molecule has 1 aliphatic heterocycles. The molecule has 1 aromatic heterocycles. The maximum Gasteiger partial charge on any atom is 0.262 e. The molecule has 4 rings (SSSR count). The molecule has 1 fully saturated rings. The van der Waals surface area contributed by atoms with E-state index in [4.69, 9.17) is 16.6 Å². The predicted octanol–water partition coefficient (Wildman–Crippen LogP) is 3.82. The summed E-state index contributed by atoms with van der Waals surface area (Å²) in [7, 11) is 0. The van der Waals surface area contributed by atoms with Gasteiger partial charge in [-0.1, -0.05) is 25.4 Å². The number of amides is 1. The summed E-state index contributed by atoms with van der Waals surface area (Å²) >= 11 is 6.01. The summed E-state index contributed by atoms with van der Waals surface area (Å²) < 4.78 is 15.1. The minimum Gasteiger partial charge on any atom is -0.370 e. The lowest BCUT2D eigenvalue weighted by Crippen LogP contribution is -2.37. The Labute approximate surface area is 209 Å². The van der Waals surface area contributed by atoms with Gasteiger partial charge >= 0.3 is 0 Å². The van der Waals surface area contributed by atoms with Crippen LogP contribution in [0.25, 0.3) is 22.3 Å². The first-order chi connectivity index (χ1) is 16.5. The largest absolute Gasteiger partial charge is 0.370 e. The zero-order valence-corrected chi connectivity index (χ0v) is 21.2. The van der Waals surface area contributed by atoms with E-state index in [0.29, 0.717) is 16.5 Å². The third kappa shape index (κ3) is 5.65. The lowest BCUT2D eigenvalue weighted by atomic mass is 9.93. The van der Waals surface area contributed by atoms with Gasteiger partial charge in [-0.05, 0) is 55.7 Å². The van der Waals surface area contributed by atoms with Gasteiger partial charge in [0.15, 0.2) is 0 Å². The highest BCUT2D eigenvalue weighted by Crippen LogP contribution is 2.28. The summed E-state index contributed by atoms with van der Waals surface area (Å²) in [6, 6.07) is 9.71. The zero-order valence-electron chi connectivity index (χ0n) is 20.5. The van der Waals surface area contributed by atoms with Crippen LogP contribution >= 0.6 is 11.6 Å². The van der Waals surface area contributed by atoms with Crippen molar-refractivity contribution in [1.82, 2.24) is 20.2 Å². The van der Waals surface area contributed by atoms with Crippen molar-refractivity contribution in [2.24, 2.45) is 5.41 Å². The summed E-state index contributed by atoms with van der Waals surface area (Å²) in [5.41, 5.74) is 1.63. The topological polar surface area (TPSA) is 79.3 Å². The van der Waals surface area contributed by atoms with Crippen molar-refractivity contribution in [1.29, 1.82) is 0 Å². The number of anilines is 1. The van der Waals surface area contributed by atoms with E-state index in [2.05, 4.69) is 29.4 Å². The number of hydrogen-bond donors (Lipinski definition) is 2. The third-order valence-electron chi connectivity index (χ3n) is 6.01. The molecule has 186 valence electrons. The van der Waals surface area contributed by atoms with Gasteiger partial charge in [-0.15, -0.1) is 0 Å². The van der Waals surface area contributed by atoms with Gasteiger partial charge in [-0.2, -0.15) is 0 Å². The average molecular weight is 500 g/mol. The van der Waals surface area contributed by atoms with Crippen molar-refractivity contribution >= 4 is 34.1 Å². The van der Waals surface area contributed by atoms with Gasteiger partial charge in [0.1, 0.15) is 18.2 Å². The Morgan fingerprint density at radius 2 is 2.03 bits per heavy atom. The standard InChI is InChI=1S/C26H31ClFN5O2/c1-16(2)30-23(34)13-33-24(17-5-7-21(28)20(27)11-17)31-22-8-6-18(12-19(22)25(33)35)32-10-9-29-14-26(3,4)15-32/h5-8,11-12,16,29H,9-10,13-15H2,1-4H3,(H,30,34). The molecular weight excluding hydrogens is 469 g/mol. The van der Waals surface area contributed by atoms with Crippen LogP contribution in [0.3, 0.4) is 0 Å². The second kappa shape index (κ2) is 9.95. The van der Waals surface area contributed by atoms with Crippen LogP contribution in [0.2, 0.25) is 5.02 Å². The summed E-state index contributed by atoms with van der Waals surface area (Å²) in [6.45, 7) is 11.3.